The molecule has 1 atom stereocenters. The van der Waals surface area contributed by atoms with Crippen molar-refractivity contribution in [1.29, 1.82) is 4.78 Å². The molecule has 35 heavy (non-hydrogen) atoms. The zero-order valence-corrected chi connectivity index (χ0v) is 20.9. The van der Waals surface area contributed by atoms with E-state index in [0.717, 1.165) is 11.8 Å². The molecule has 1 heterocycles. The Bertz CT molecular complexity index is 1450. The standard InChI is InChI=1S/C23H25N6O4S2/c1-15-4-7-20(29-35(3,32)33)12-17(15)5-6-18-13-25-23(28-22(18)26-16(2)14-30)27-19-8-10-21(11-9-19)34(24)31/h4,7-13,16,24,29-30H,14H2,1-3H3,(H2,25,26,27,28)/q-1/t16-/m1/s1. The van der Waals surface area contributed by atoms with E-state index in [-0.39, 0.29) is 18.6 Å². The topological polar surface area (TPSA) is 157 Å². The zero-order chi connectivity index (χ0) is 25.6. The fraction of sp³-hybridized carbons (Fsp3) is 0.217. The highest BCUT2D eigenvalue weighted by Crippen LogP contribution is 2.20. The van der Waals surface area contributed by atoms with Crippen molar-refractivity contribution >= 4 is 43.8 Å². The number of aromatic nitrogens is 2. The van der Waals surface area contributed by atoms with E-state index in [2.05, 4.69) is 37.2 Å². The summed E-state index contributed by atoms with van der Waals surface area (Å²) in [6.45, 7) is 3.53. The number of aliphatic hydroxyl groups excluding tert-OH is 1. The second-order valence-corrected chi connectivity index (χ2v) is 10.5. The Morgan fingerprint density at radius 1 is 1.11 bits per heavy atom. The summed E-state index contributed by atoms with van der Waals surface area (Å²) >= 11 is 0. The Morgan fingerprint density at radius 2 is 1.77 bits per heavy atom. The van der Waals surface area contributed by atoms with Crippen molar-refractivity contribution in [3.63, 3.8) is 0 Å². The summed E-state index contributed by atoms with van der Waals surface area (Å²) in [6, 6.07) is 11.3. The molecule has 10 nitrogen and oxygen atoms in total. The SMILES string of the molecule is Cc1ccc(NS(C)(=O)=O)cc1C#Cc1cnc(Nc2ccc([S-](=N)=O)cc2)nc1N[C@H](C)CO. The van der Waals surface area contributed by atoms with Crippen LogP contribution in [0, 0.1) is 23.5 Å². The molecule has 0 amide bonds. The normalized spacial score (nSPS) is 11.9. The maximum absolute atomic E-state index is 11.5. The van der Waals surface area contributed by atoms with Crippen molar-refractivity contribution < 1.29 is 17.7 Å². The van der Waals surface area contributed by atoms with E-state index in [0.29, 0.717) is 33.2 Å². The lowest BCUT2D eigenvalue weighted by molar-refractivity contribution is 0.281. The molecule has 0 aliphatic rings. The number of benzene rings is 2. The number of aryl methyl sites for hydroxylation is 1. The van der Waals surface area contributed by atoms with Crippen molar-refractivity contribution in [2.75, 3.05) is 28.2 Å². The van der Waals surface area contributed by atoms with Crippen molar-refractivity contribution in [2.45, 2.75) is 24.8 Å². The number of nitrogens with zero attached hydrogens (tertiary/aromatic N) is 2. The van der Waals surface area contributed by atoms with E-state index >= 15 is 0 Å². The molecule has 0 saturated heterocycles. The summed E-state index contributed by atoms with van der Waals surface area (Å²) in [5.41, 5.74) is 3.03. The molecule has 0 bridgehead atoms. The first-order chi connectivity index (χ1) is 16.5. The first-order valence-corrected chi connectivity index (χ1v) is 13.4. The lowest BCUT2D eigenvalue weighted by Crippen LogP contribution is -2.21. The highest BCUT2D eigenvalue weighted by Gasteiger charge is 2.10. The molecule has 0 aliphatic heterocycles. The molecule has 3 rings (SSSR count). The molecule has 12 heteroatoms. The number of hydrogen-bond donors (Lipinski definition) is 5. The molecule has 1 aromatic heterocycles. The number of nitrogens with one attached hydrogen (secondary N) is 4. The van der Waals surface area contributed by atoms with Crippen molar-refractivity contribution in [3.8, 4) is 11.8 Å². The van der Waals surface area contributed by atoms with E-state index in [1.54, 1.807) is 49.4 Å². The van der Waals surface area contributed by atoms with Gasteiger partial charge in [0.25, 0.3) is 0 Å². The van der Waals surface area contributed by atoms with Gasteiger partial charge in [0.15, 0.2) is 0 Å². The van der Waals surface area contributed by atoms with Crippen LogP contribution in [0.15, 0.2) is 53.6 Å². The van der Waals surface area contributed by atoms with Crippen LogP contribution in [-0.4, -0.2) is 42.4 Å². The van der Waals surface area contributed by atoms with E-state index < -0.39 is 20.6 Å². The Kier molecular flexibility index (Phi) is 8.29. The number of aliphatic hydroxyl groups is 1. The molecule has 0 radical (unpaired) electrons. The van der Waals surface area contributed by atoms with Crippen LogP contribution in [0.2, 0.25) is 0 Å². The van der Waals surface area contributed by atoms with Crippen LogP contribution >= 0.6 is 0 Å². The van der Waals surface area contributed by atoms with Crippen molar-refractivity contribution in [1.82, 2.24) is 9.97 Å². The van der Waals surface area contributed by atoms with Gasteiger partial charge in [-0.25, -0.2) is 13.4 Å². The first-order valence-electron chi connectivity index (χ1n) is 10.4. The quantitative estimate of drug-likeness (QED) is 0.227. The minimum absolute atomic E-state index is 0.121. The van der Waals surface area contributed by atoms with Gasteiger partial charge < -0.3 is 24.7 Å². The Labute approximate surface area is 206 Å². The van der Waals surface area contributed by atoms with E-state index in [9.17, 15) is 17.7 Å². The van der Waals surface area contributed by atoms with Gasteiger partial charge in [-0.1, -0.05) is 34.9 Å². The lowest BCUT2D eigenvalue weighted by Gasteiger charge is -2.14. The average molecular weight is 514 g/mol. The minimum Gasteiger partial charge on any atom is -0.440 e. The monoisotopic (exact) mass is 513 g/mol. The number of sulfonamides is 1. The van der Waals surface area contributed by atoms with Gasteiger partial charge in [-0.05, 0) is 43.7 Å². The van der Waals surface area contributed by atoms with E-state index in [1.807, 2.05) is 6.92 Å². The van der Waals surface area contributed by atoms with Gasteiger partial charge in [0.1, 0.15) is 5.82 Å². The molecule has 0 saturated carbocycles. The molecule has 0 fully saturated rings. The summed E-state index contributed by atoms with van der Waals surface area (Å²) < 4.78 is 44.0. The number of rotatable bonds is 8. The third-order valence-electron chi connectivity index (χ3n) is 4.64. The molecular weight excluding hydrogens is 488 g/mol. The first kappa shape index (κ1) is 26.0. The second kappa shape index (κ2) is 11.2. The fourth-order valence-corrected chi connectivity index (χ4v) is 3.82. The van der Waals surface area contributed by atoms with E-state index in [4.69, 9.17) is 4.78 Å². The number of anilines is 4. The van der Waals surface area contributed by atoms with Crippen LogP contribution in [0.4, 0.5) is 23.1 Å². The van der Waals surface area contributed by atoms with Crippen LogP contribution in [0.1, 0.15) is 23.6 Å². The summed E-state index contributed by atoms with van der Waals surface area (Å²) in [7, 11) is -5.23. The maximum atomic E-state index is 11.5. The van der Waals surface area contributed by atoms with Crippen LogP contribution < -0.4 is 15.4 Å². The molecule has 0 aliphatic carbocycles. The minimum atomic E-state index is -3.42. The summed E-state index contributed by atoms with van der Waals surface area (Å²) in [5, 5.41) is 15.6. The smallest absolute Gasteiger partial charge is 0.229 e. The Balaban J connectivity index is 1.93. The Morgan fingerprint density at radius 3 is 2.40 bits per heavy atom. The predicted octanol–water partition coefficient (Wildman–Crippen LogP) is 3.18. The molecule has 0 unspecified atom stereocenters. The highest BCUT2D eigenvalue weighted by atomic mass is 32.2. The summed E-state index contributed by atoms with van der Waals surface area (Å²) in [4.78, 5) is 9.17. The van der Waals surface area contributed by atoms with Gasteiger partial charge in [-0.15, -0.1) is 0 Å². The summed E-state index contributed by atoms with van der Waals surface area (Å²) in [5.74, 6) is 6.74. The third-order valence-corrected chi connectivity index (χ3v) is 5.95. The second-order valence-electron chi connectivity index (χ2n) is 7.76. The van der Waals surface area contributed by atoms with Crippen LogP contribution in [0.25, 0.3) is 0 Å². The van der Waals surface area contributed by atoms with Gasteiger partial charge in [-0.3, -0.25) is 4.72 Å². The van der Waals surface area contributed by atoms with Gasteiger partial charge >= 0.3 is 0 Å². The van der Waals surface area contributed by atoms with E-state index in [1.165, 1.54) is 6.20 Å². The third kappa shape index (κ3) is 7.68. The predicted molar refractivity (Wildman–Crippen MR) is 137 cm³/mol. The van der Waals surface area contributed by atoms with Crippen LogP contribution in [-0.2, 0) is 24.8 Å². The fourth-order valence-electron chi connectivity index (χ4n) is 2.88. The van der Waals surface area contributed by atoms with Gasteiger partial charge in [-0.2, -0.15) is 15.6 Å². The molecule has 184 valence electrons. The zero-order valence-electron chi connectivity index (χ0n) is 19.3. The highest BCUT2D eigenvalue weighted by molar-refractivity contribution is 7.92. The van der Waals surface area contributed by atoms with Gasteiger partial charge in [0.2, 0.25) is 16.0 Å². The molecule has 3 aromatic rings. The Hall–Kier alpha value is -3.66. The van der Waals surface area contributed by atoms with Gasteiger partial charge in [0, 0.05) is 23.0 Å². The molecule has 5 N–H and O–H groups in total. The average Bonchev–Trinajstić information content (AvgIpc) is 2.79. The van der Waals surface area contributed by atoms with Gasteiger partial charge in [0.05, 0.1) is 24.6 Å². The summed E-state index contributed by atoms with van der Waals surface area (Å²) in [6.07, 6.45) is 2.62. The van der Waals surface area contributed by atoms with Crippen molar-refractivity contribution in [3.05, 3.63) is 65.4 Å². The molecule has 2 aromatic carbocycles. The van der Waals surface area contributed by atoms with Crippen LogP contribution in [0.3, 0.4) is 0 Å². The maximum Gasteiger partial charge on any atom is 0.229 e. The van der Waals surface area contributed by atoms with Crippen molar-refractivity contribution in [2.24, 2.45) is 0 Å². The van der Waals surface area contributed by atoms with Crippen LogP contribution in [0.5, 0.6) is 0 Å². The molecular formula is C23H25N6O4S2-. The molecule has 0 spiro atoms. The lowest BCUT2D eigenvalue weighted by atomic mass is 10.1. The largest absolute Gasteiger partial charge is 0.440 e. The number of hydrogen-bond acceptors (Lipinski definition) is 10.